The van der Waals surface area contributed by atoms with Gasteiger partial charge in [0.15, 0.2) is 0 Å². The van der Waals surface area contributed by atoms with Crippen molar-refractivity contribution in [3.05, 3.63) is 82.4 Å². The lowest BCUT2D eigenvalue weighted by Crippen LogP contribution is -2.48. The van der Waals surface area contributed by atoms with Crippen molar-refractivity contribution in [2.24, 2.45) is 5.92 Å². The van der Waals surface area contributed by atoms with Crippen molar-refractivity contribution in [1.82, 2.24) is 4.98 Å². The zero-order chi connectivity index (χ0) is 22.2. The van der Waals surface area contributed by atoms with Crippen LogP contribution in [0.1, 0.15) is 29.7 Å². The summed E-state index contributed by atoms with van der Waals surface area (Å²) in [5, 5.41) is 0.650. The third-order valence-electron chi connectivity index (χ3n) is 5.98. The van der Waals surface area contributed by atoms with Gasteiger partial charge < -0.3 is 4.74 Å². The van der Waals surface area contributed by atoms with E-state index in [4.69, 9.17) is 16.3 Å². The quantitative estimate of drug-likeness (QED) is 0.453. The molecule has 1 aliphatic heterocycles. The molecule has 5 nitrogen and oxygen atoms in total. The smallest absolute Gasteiger partial charge is 0.329 e. The lowest BCUT2D eigenvalue weighted by molar-refractivity contribution is 0.249. The lowest BCUT2D eigenvalue weighted by Gasteiger charge is -2.38. The van der Waals surface area contributed by atoms with Gasteiger partial charge in [0, 0.05) is 29.4 Å². The summed E-state index contributed by atoms with van der Waals surface area (Å²) in [7, 11) is 0. The number of pyridine rings is 1. The summed E-state index contributed by atoms with van der Waals surface area (Å²) in [4.78, 5) is 21.2. The van der Waals surface area contributed by atoms with Crippen LogP contribution in [0.15, 0.2) is 54.7 Å². The first-order valence-electron chi connectivity index (χ1n) is 10.7. The highest BCUT2D eigenvalue weighted by atomic mass is 35.5. The number of urea groups is 1. The molecule has 0 spiro atoms. The van der Waals surface area contributed by atoms with E-state index in [1.807, 2.05) is 48.2 Å². The number of aromatic nitrogens is 1. The maximum absolute atomic E-state index is 13.9. The molecule has 0 saturated heterocycles. The molecule has 0 atom stereocenters. The van der Waals surface area contributed by atoms with Crippen molar-refractivity contribution in [3.63, 3.8) is 0 Å². The predicted molar refractivity (Wildman–Crippen MR) is 123 cm³/mol. The monoisotopic (exact) mass is 451 g/mol. The van der Waals surface area contributed by atoms with E-state index in [1.165, 1.54) is 12.3 Å². The Balaban J connectivity index is 1.45. The van der Waals surface area contributed by atoms with Crippen LogP contribution in [0.2, 0.25) is 5.02 Å². The molecule has 1 saturated carbocycles. The Morgan fingerprint density at radius 3 is 2.78 bits per heavy atom. The molecule has 1 fully saturated rings. The molecule has 2 aliphatic rings. The van der Waals surface area contributed by atoms with Crippen LogP contribution in [0.3, 0.4) is 0 Å². The van der Waals surface area contributed by atoms with E-state index in [2.05, 4.69) is 4.98 Å². The maximum atomic E-state index is 13.9. The molecule has 0 unspecified atom stereocenters. The van der Waals surface area contributed by atoms with Crippen LogP contribution < -0.4 is 14.5 Å². The fourth-order valence-electron chi connectivity index (χ4n) is 4.00. The van der Waals surface area contributed by atoms with E-state index >= 15 is 0 Å². The molecule has 1 aliphatic carbocycles. The Kier molecular flexibility index (Phi) is 5.47. The number of halogens is 2. The second-order valence-corrected chi connectivity index (χ2v) is 8.74. The molecule has 0 bridgehead atoms. The van der Waals surface area contributed by atoms with E-state index in [1.54, 1.807) is 11.0 Å². The fourth-order valence-corrected chi connectivity index (χ4v) is 4.23. The summed E-state index contributed by atoms with van der Waals surface area (Å²) in [5.41, 5.74) is 3.76. The number of aryl methyl sites for hydroxylation is 1. The number of carbonyl (C=O) groups is 1. The highest BCUT2D eigenvalue weighted by Gasteiger charge is 2.36. The zero-order valence-corrected chi connectivity index (χ0v) is 18.5. The number of amides is 2. The fraction of sp³-hybridized carbons (Fsp3) is 0.280. The number of hydrogen-bond acceptors (Lipinski definition) is 3. The van der Waals surface area contributed by atoms with Gasteiger partial charge in [0.2, 0.25) is 0 Å². The number of ether oxygens (including phenoxy) is 1. The van der Waals surface area contributed by atoms with Crippen LogP contribution in [-0.4, -0.2) is 17.6 Å². The number of fused-ring (bicyclic) bond motifs is 1. The minimum atomic E-state index is -0.409. The topological polar surface area (TPSA) is 45.7 Å². The Bertz CT molecular complexity index is 1180. The molecule has 2 heterocycles. The molecule has 1 aromatic heterocycles. The average Bonchev–Trinajstić information content (AvgIpc) is 3.61. The number of rotatable bonds is 6. The van der Waals surface area contributed by atoms with Gasteiger partial charge in [-0.05, 0) is 61.6 Å². The molecule has 3 aromatic rings. The number of nitrogens with zero attached hydrogens (tertiary/aromatic N) is 3. The third kappa shape index (κ3) is 4.02. The van der Waals surface area contributed by atoms with Gasteiger partial charge in [-0.2, -0.15) is 0 Å². The van der Waals surface area contributed by atoms with Gasteiger partial charge in [-0.3, -0.25) is 14.8 Å². The van der Waals surface area contributed by atoms with Gasteiger partial charge in [0.25, 0.3) is 0 Å². The maximum Gasteiger partial charge on any atom is 0.329 e. The second-order valence-electron chi connectivity index (χ2n) is 8.33. The second kappa shape index (κ2) is 8.43. The largest absolute Gasteiger partial charge is 0.487 e. The van der Waals surface area contributed by atoms with Gasteiger partial charge in [0.1, 0.15) is 23.9 Å². The van der Waals surface area contributed by atoms with E-state index in [0.29, 0.717) is 29.8 Å². The highest BCUT2D eigenvalue weighted by molar-refractivity contribution is 6.32. The Labute approximate surface area is 191 Å². The van der Waals surface area contributed by atoms with Crippen molar-refractivity contribution < 1.29 is 13.9 Å². The molecule has 164 valence electrons. The van der Waals surface area contributed by atoms with Crippen molar-refractivity contribution >= 4 is 29.0 Å². The van der Waals surface area contributed by atoms with Crippen LogP contribution in [0.4, 0.5) is 20.6 Å². The van der Waals surface area contributed by atoms with Crippen molar-refractivity contribution in [2.45, 2.75) is 32.9 Å². The lowest BCUT2D eigenvalue weighted by atomic mass is 10.1. The van der Waals surface area contributed by atoms with Gasteiger partial charge in [-0.15, -0.1) is 0 Å². The molecule has 2 amide bonds. The summed E-state index contributed by atoms with van der Waals surface area (Å²) in [5.74, 6) is 0.671. The molecular weight excluding hydrogens is 429 g/mol. The molecule has 32 heavy (non-hydrogen) atoms. The highest BCUT2D eigenvalue weighted by Crippen LogP contribution is 2.40. The summed E-state index contributed by atoms with van der Waals surface area (Å²) in [6, 6.07) is 14.1. The average molecular weight is 452 g/mol. The minimum absolute atomic E-state index is 0.00554. The van der Waals surface area contributed by atoms with E-state index in [9.17, 15) is 9.18 Å². The predicted octanol–water partition coefficient (Wildman–Crippen LogP) is 6.12. The van der Waals surface area contributed by atoms with E-state index in [0.717, 1.165) is 35.3 Å². The Hall–Kier alpha value is -3.12. The van der Waals surface area contributed by atoms with Crippen LogP contribution in [0, 0.1) is 18.7 Å². The number of hydrogen-bond donors (Lipinski definition) is 0. The van der Waals surface area contributed by atoms with Gasteiger partial charge in [0.05, 0.1) is 17.9 Å². The standard InChI is InChI=1S/C25H23ClFN3O2/c1-16-7-10-18(32-15-22-21(27)5-3-11-28-22)12-24(16)30-14-19-20(26)4-2-6-23(19)29(25(30)31)13-17-8-9-17/h2-7,10-12,17H,8-9,13-15H2,1H3. The molecule has 5 rings (SSSR count). The Morgan fingerprint density at radius 1 is 1.16 bits per heavy atom. The van der Waals surface area contributed by atoms with Crippen molar-refractivity contribution in [2.75, 3.05) is 16.3 Å². The van der Waals surface area contributed by atoms with E-state index < -0.39 is 5.82 Å². The molecule has 0 N–H and O–H groups in total. The zero-order valence-electron chi connectivity index (χ0n) is 17.7. The van der Waals surface area contributed by atoms with Gasteiger partial charge >= 0.3 is 6.03 Å². The SMILES string of the molecule is Cc1ccc(OCc2ncccc2F)cc1N1Cc2c(Cl)cccc2N(CC2CC2)C1=O. The minimum Gasteiger partial charge on any atom is -0.487 e. The first kappa shape index (κ1) is 20.8. The summed E-state index contributed by atoms with van der Waals surface area (Å²) in [6.45, 7) is 3.04. The summed E-state index contributed by atoms with van der Waals surface area (Å²) >= 11 is 6.53. The summed E-state index contributed by atoms with van der Waals surface area (Å²) in [6.07, 6.45) is 3.82. The van der Waals surface area contributed by atoms with Crippen LogP contribution in [-0.2, 0) is 13.2 Å². The van der Waals surface area contributed by atoms with E-state index in [-0.39, 0.29) is 18.3 Å². The molecule has 2 aromatic carbocycles. The first-order valence-corrected chi connectivity index (χ1v) is 11.1. The normalized spacial score (nSPS) is 15.7. The van der Waals surface area contributed by atoms with Crippen LogP contribution >= 0.6 is 11.6 Å². The van der Waals surface area contributed by atoms with Crippen LogP contribution in [0.25, 0.3) is 0 Å². The third-order valence-corrected chi connectivity index (χ3v) is 6.34. The van der Waals surface area contributed by atoms with Crippen LogP contribution in [0.5, 0.6) is 5.75 Å². The number of benzene rings is 2. The van der Waals surface area contributed by atoms with Gasteiger partial charge in [-0.1, -0.05) is 23.7 Å². The molecule has 7 heteroatoms. The molecule has 0 radical (unpaired) electrons. The van der Waals surface area contributed by atoms with Crippen molar-refractivity contribution in [3.8, 4) is 5.75 Å². The molecular formula is C25H23ClFN3O2. The van der Waals surface area contributed by atoms with Gasteiger partial charge in [-0.25, -0.2) is 9.18 Å². The first-order chi connectivity index (χ1) is 15.5. The summed E-state index contributed by atoms with van der Waals surface area (Å²) < 4.78 is 19.7. The van der Waals surface area contributed by atoms with Crippen molar-refractivity contribution in [1.29, 1.82) is 0 Å². The Morgan fingerprint density at radius 2 is 2.00 bits per heavy atom. The number of anilines is 2. The number of carbonyl (C=O) groups excluding carboxylic acids is 1.